The fraction of sp³-hybridized carbons (Fsp3) is 0.438. The maximum Gasteiger partial charge on any atom is 0.128 e. The Balaban J connectivity index is 2.02. The number of nitrogens with one attached hydrogen (secondary N) is 1. The Bertz CT molecular complexity index is 523. The van der Waals surface area contributed by atoms with Crippen molar-refractivity contribution in [1.29, 1.82) is 0 Å². The molecule has 2 aromatic rings. The summed E-state index contributed by atoms with van der Waals surface area (Å²) in [6.45, 7) is 2.90. The van der Waals surface area contributed by atoms with E-state index in [1.165, 1.54) is 19.3 Å². The third-order valence-electron chi connectivity index (χ3n) is 3.22. The summed E-state index contributed by atoms with van der Waals surface area (Å²) in [7, 11) is 0. The fourth-order valence-corrected chi connectivity index (χ4v) is 2.10. The standard InChI is InChI=1S/C16H22N2O2/c1-2-3-4-7-10-20-16-9-6-5-8-14(16)15-11-13(12-19)17-18-15/h5-6,8-9,11,19H,2-4,7,10,12H2,1H3,(H,17,18). The van der Waals surface area contributed by atoms with Crippen molar-refractivity contribution in [3.05, 3.63) is 36.0 Å². The first-order chi connectivity index (χ1) is 9.85. The molecule has 1 aromatic heterocycles. The molecule has 0 spiro atoms. The van der Waals surface area contributed by atoms with Crippen LogP contribution in [0.3, 0.4) is 0 Å². The van der Waals surface area contributed by atoms with Crippen LogP contribution < -0.4 is 4.74 Å². The van der Waals surface area contributed by atoms with Gasteiger partial charge in [0.05, 0.1) is 24.6 Å². The van der Waals surface area contributed by atoms with E-state index >= 15 is 0 Å². The largest absolute Gasteiger partial charge is 0.493 e. The van der Waals surface area contributed by atoms with Crippen molar-refractivity contribution in [1.82, 2.24) is 10.2 Å². The van der Waals surface area contributed by atoms with Crippen LogP contribution in [0.2, 0.25) is 0 Å². The Morgan fingerprint density at radius 3 is 2.80 bits per heavy atom. The van der Waals surface area contributed by atoms with Crippen molar-refractivity contribution >= 4 is 0 Å². The van der Waals surface area contributed by atoms with E-state index in [1.807, 2.05) is 30.3 Å². The van der Waals surface area contributed by atoms with E-state index in [1.54, 1.807) is 0 Å². The van der Waals surface area contributed by atoms with Crippen molar-refractivity contribution < 1.29 is 9.84 Å². The summed E-state index contributed by atoms with van der Waals surface area (Å²) >= 11 is 0. The van der Waals surface area contributed by atoms with Crippen LogP contribution in [0.4, 0.5) is 0 Å². The van der Waals surface area contributed by atoms with Gasteiger partial charge in [-0.2, -0.15) is 5.10 Å². The van der Waals surface area contributed by atoms with Gasteiger partial charge >= 0.3 is 0 Å². The van der Waals surface area contributed by atoms with Gasteiger partial charge in [0.15, 0.2) is 0 Å². The Labute approximate surface area is 119 Å². The highest BCUT2D eigenvalue weighted by Crippen LogP contribution is 2.28. The second-order valence-corrected chi connectivity index (χ2v) is 4.84. The van der Waals surface area contributed by atoms with Crippen molar-refractivity contribution in [3.8, 4) is 17.0 Å². The summed E-state index contributed by atoms with van der Waals surface area (Å²) in [5.41, 5.74) is 2.47. The summed E-state index contributed by atoms with van der Waals surface area (Å²) < 4.78 is 5.86. The normalized spacial score (nSPS) is 10.7. The lowest BCUT2D eigenvalue weighted by Gasteiger charge is -2.09. The number of aliphatic hydroxyl groups is 1. The average molecular weight is 274 g/mol. The summed E-state index contributed by atoms with van der Waals surface area (Å²) in [4.78, 5) is 0. The molecule has 0 amide bonds. The number of rotatable bonds is 8. The van der Waals surface area contributed by atoms with Crippen LogP contribution in [0.1, 0.15) is 38.3 Å². The van der Waals surface area contributed by atoms with Crippen LogP contribution in [-0.2, 0) is 6.61 Å². The summed E-state index contributed by atoms with van der Waals surface area (Å²) in [6.07, 6.45) is 4.76. The van der Waals surface area contributed by atoms with Crippen LogP contribution in [0.5, 0.6) is 5.75 Å². The van der Waals surface area contributed by atoms with E-state index in [4.69, 9.17) is 9.84 Å². The second kappa shape index (κ2) is 7.70. The van der Waals surface area contributed by atoms with E-state index in [0.29, 0.717) is 5.69 Å². The first-order valence-corrected chi connectivity index (χ1v) is 7.22. The number of ether oxygens (including phenoxy) is 1. The molecule has 4 nitrogen and oxygen atoms in total. The van der Waals surface area contributed by atoms with Crippen molar-refractivity contribution in [3.63, 3.8) is 0 Å². The highest BCUT2D eigenvalue weighted by molar-refractivity contribution is 5.67. The molecule has 0 aliphatic rings. The van der Waals surface area contributed by atoms with Gasteiger partial charge in [0.1, 0.15) is 5.75 Å². The van der Waals surface area contributed by atoms with Crippen molar-refractivity contribution in [2.24, 2.45) is 0 Å². The minimum Gasteiger partial charge on any atom is -0.493 e. The maximum atomic E-state index is 9.09. The van der Waals surface area contributed by atoms with Crippen molar-refractivity contribution in [2.75, 3.05) is 6.61 Å². The molecule has 1 aromatic carbocycles. The minimum absolute atomic E-state index is 0.0347. The van der Waals surface area contributed by atoms with Gasteiger partial charge in [0.25, 0.3) is 0 Å². The third kappa shape index (κ3) is 3.84. The van der Waals surface area contributed by atoms with Gasteiger partial charge < -0.3 is 9.84 Å². The maximum absolute atomic E-state index is 9.09. The molecule has 108 valence electrons. The highest BCUT2D eigenvalue weighted by atomic mass is 16.5. The summed E-state index contributed by atoms with van der Waals surface area (Å²) in [5.74, 6) is 0.847. The molecule has 2 N–H and O–H groups in total. The van der Waals surface area contributed by atoms with Gasteiger partial charge in [0, 0.05) is 5.56 Å². The molecule has 0 bridgehead atoms. The fourth-order valence-electron chi connectivity index (χ4n) is 2.10. The van der Waals surface area contributed by atoms with E-state index in [2.05, 4.69) is 17.1 Å². The second-order valence-electron chi connectivity index (χ2n) is 4.84. The molecule has 20 heavy (non-hydrogen) atoms. The SMILES string of the molecule is CCCCCCOc1ccccc1-c1cc(CO)[nH]n1. The number of hydrogen-bond acceptors (Lipinski definition) is 3. The van der Waals surface area contributed by atoms with Crippen molar-refractivity contribution in [2.45, 2.75) is 39.2 Å². The third-order valence-corrected chi connectivity index (χ3v) is 3.22. The zero-order chi connectivity index (χ0) is 14.2. The smallest absolute Gasteiger partial charge is 0.128 e. The van der Waals surface area contributed by atoms with E-state index < -0.39 is 0 Å². The average Bonchev–Trinajstić information content (AvgIpc) is 2.96. The highest BCUT2D eigenvalue weighted by Gasteiger charge is 2.09. The van der Waals surface area contributed by atoms with E-state index in [9.17, 15) is 0 Å². The predicted octanol–water partition coefficient (Wildman–Crippen LogP) is 3.53. The molecule has 0 saturated carbocycles. The van der Waals surface area contributed by atoms with Gasteiger partial charge in [-0.1, -0.05) is 38.3 Å². The number of aliphatic hydroxyl groups excluding tert-OH is 1. The molecule has 0 fully saturated rings. The summed E-state index contributed by atoms with van der Waals surface area (Å²) in [6, 6.07) is 9.72. The Kier molecular flexibility index (Phi) is 5.62. The lowest BCUT2D eigenvalue weighted by molar-refractivity contribution is 0.276. The van der Waals surface area contributed by atoms with Crippen LogP contribution in [0, 0.1) is 0 Å². The topological polar surface area (TPSA) is 58.1 Å². The molecule has 0 aliphatic heterocycles. The lowest BCUT2D eigenvalue weighted by Crippen LogP contribution is -1.98. The van der Waals surface area contributed by atoms with Gasteiger partial charge in [-0.25, -0.2) is 0 Å². The van der Waals surface area contributed by atoms with E-state index in [-0.39, 0.29) is 6.61 Å². The van der Waals surface area contributed by atoms with Crippen LogP contribution in [0.25, 0.3) is 11.3 Å². The zero-order valence-corrected chi connectivity index (χ0v) is 11.9. The molecular weight excluding hydrogens is 252 g/mol. The summed E-state index contributed by atoms with van der Waals surface area (Å²) in [5, 5.41) is 16.1. The number of aromatic nitrogens is 2. The first kappa shape index (κ1) is 14.6. The first-order valence-electron chi connectivity index (χ1n) is 7.22. The molecule has 0 unspecified atom stereocenters. The van der Waals surface area contributed by atoms with Crippen LogP contribution in [0.15, 0.2) is 30.3 Å². The molecule has 2 rings (SSSR count). The number of unbranched alkanes of at least 4 members (excludes halogenated alkanes) is 3. The molecule has 0 aliphatic carbocycles. The molecule has 0 atom stereocenters. The quantitative estimate of drug-likeness (QED) is 0.724. The molecular formula is C16H22N2O2. The molecule has 0 radical (unpaired) electrons. The number of para-hydroxylation sites is 1. The number of aromatic amines is 1. The molecule has 0 saturated heterocycles. The minimum atomic E-state index is -0.0347. The molecule has 1 heterocycles. The molecule has 4 heteroatoms. The van der Waals surface area contributed by atoms with Gasteiger partial charge in [-0.05, 0) is 24.6 Å². The number of H-pyrrole nitrogens is 1. The van der Waals surface area contributed by atoms with Crippen LogP contribution >= 0.6 is 0 Å². The monoisotopic (exact) mass is 274 g/mol. The van der Waals surface area contributed by atoms with E-state index in [0.717, 1.165) is 30.0 Å². The van der Waals surface area contributed by atoms with Gasteiger partial charge in [0.2, 0.25) is 0 Å². The number of hydrogen-bond donors (Lipinski definition) is 2. The zero-order valence-electron chi connectivity index (χ0n) is 11.9. The number of nitrogens with zero attached hydrogens (tertiary/aromatic N) is 1. The van der Waals surface area contributed by atoms with Gasteiger partial charge in [-0.15, -0.1) is 0 Å². The Hall–Kier alpha value is -1.81. The Morgan fingerprint density at radius 1 is 1.20 bits per heavy atom. The number of benzene rings is 1. The van der Waals surface area contributed by atoms with Crippen LogP contribution in [-0.4, -0.2) is 21.9 Å². The van der Waals surface area contributed by atoms with Gasteiger partial charge in [-0.3, -0.25) is 5.10 Å². The lowest BCUT2D eigenvalue weighted by atomic mass is 10.1. The predicted molar refractivity (Wildman–Crippen MR) is 79.6 cm³/mol. The Morgan fingerprint density at radius 2 is 2.05 bits per heavy atom.